The van der Waals surface area contributed by atoms with E-state index in [1.165, 1.54) is 0 Å². The highest BCUT2D eigenvalue weighted by Crippen LogP contribution is 2.28. The summed E-state index contributed by atoms with van der Waals surface area (Å²) in [5.74, 6) is 0.639. The summed E-state index contributed by atoms with van der Waals surface area (Å²) in [5, 5.41) is 1.81. The Bertz CT molecular complexity index is 576. The molecule has 1 aromatic heterocycles. The van der Waals surface area contributed by atoms with E-state index < -0.39 is 0 Å². The van der Waals surface area contributed by atoms with Crippen LogP contribution in [0.3, 0.4) is 0 Å². The first-order valence-electron chi connectivity index (χ1n) is 5.68. The molecule has 88 valence electrons. The van der Waals surface area contributed by atoms with Gasteiger partial charge in [-0.1, -0.05) is 18.2 Å². The van der Waals surface area contributed by atoms with E-state index in [4.69, 9.17) is 4.74 Å². The van der Waals surface area contributed by atoms with Gasteiger partial charge < -0.3 is 4.74 Å². The average molecular weight is 229 g/mol. The average Bonchev–Trinajstić information content (AvgIpc) is 2.28. The van der Waals surface area contributed by atoms with Gasteiger partial charge in [0.15, 0.2) is 5.78 Å². The first-order valence-corrected chi connectivity index (χ1v) is 5.68. The van der Waals surface area contributed by atoms with E-state index in [9.17, 15) is 4.79 Å². The first-order chi connectivity index (χ1) is 8.15. The van der Waals surface area contributed by atoms with Gasteiger partial charge in [0.25, 0.3) is 0 Å². The molecule has 0 unspecified atom stereocenters. The molecule has 0 aliphatic carbocycles. The zero-order chi connectivity index (χ0) is 12.4. The van der Waals surface area contributed by atoms with E-state index >= 15 is 0 Å². The molecule has 0 saturated heterocycles. The summed E-state index contributed by atoms with van der Waals surface area (Å²) < 4.78 is 5.51. The fourth-order valence-electron chi connectivity index (χ4n) is 2.04. The highest BCUT2D eigenvalue weighted by molar-refractivity contribution is 6.08. The Kier molecular flexibility index (Phi) is 3.09. The quantitative estimate of drug-likeness (QED) is 0.759. The van der Waals surface area contributed by atoms with E-state index in [1.807, 2.05) is 38.1 Å². The molecule has 0 aliphatic rings. The molecule has 0 spiro atoms. The number of benzene rings is 1. The second-order valence-corrected chi connectivity index (χ2v) is 3.91. The van der Waals surface area contributed by atoms with Crippen LogP contribution in [0, 0.1) is 6.92 Å². The van der Waals surface area contributed by atoms with Crippen molar-refractivity contribution in [2.75, 3.05) is 6.61 Å². The van der Waals surface area contributed by atoms with Gasteiger partial charge in [0.2, 0.25) is 5.88 Å². The largest absolute Gasteiger partial charge is 0.478 e. The van der Waals surface area contributed by atoms with Gasteiger partial charge in [-0.2, -0.15) is 0 Å². The topological polar surface area (TPSA) is 39.2 Å². The van der Waals surface area contributed by atoms with Crippen molar-refractivity contribution in [3.8, 4) is 5.88 Å². The number of carbonyl (C=O) groups excluding carboxylic acids is 1. The molecular weight excluding hydrogens is 214 g/mol. The van der Waals surface area contributed by atoms with Gasteiger partial charge in [-0.3, -0.25) is 4.79 Å². The van der Waals surface area contributed by atoms with Crippen molar-refractivity contribution >= 4 is 16.6 Å². The number of ketones is 1. The number of rotatable bonds is 3. The smallest absolute Gasteiger partial charge is 0.221 e. The van der Waals surface area contributed by atoms with Crippen LogP contribution in [0.1, 0.15) is 29.9 Å². The van der Waals surface area contributed by atoms with Crippen LogP contribution in [-0.2, 0) is 0 Å². The molecule has 0 bridgehead atoms. The lowest BCUT2D eigenvalue weighted by atomic mass is 10.0. The third-order valence-corrected chi connectivity index (χ3v) is 2.69. The number of aryl methyl sites for hydroxylation is 1. The van der Waals surface area contributed by atoms with Crippen LogP contribution in [0.2, 0.25) is 0 Å². The van der Waals surface area contributed by atoms with E-state index in [2.05, 4.69) is 4.98 Å². The second kappa shape index (κ2) is 4.53. The molecule has 1 heterocycles. The minimum Gasteiger partial charge on any atom is -0.478 e. The highest BCUT2D eigenvalue weighted by atomic mass is 16.5. The number of aromatic nitrogens is 1. The van der Waals surface area contributed by atoms with Gasteiger partial charge in [-0.15, -0.1) is 0 Å². The van der Waals surface area contributed by atoms with E-state index in [1.54, 1.807) is 6.92 Å². The molecule has 0 N–H and O–H groups in total. The Morgan fingerprint density at radius 3 is 2.53 bits per heavy atom. The predicted octanol–water partition coefficient (Wildman–Crippen LogP) is 3.14. The zero-order valence-electron chi connectivity index (χ0n) is 10.3. The molecule has 0 amide bonds. The molecule has 0 radical (unpaired) electrons. The number of ether oxygens (including phenoxy) is 1. The van der Waals surface area contributed by atoms with Gasteiger partial charge in [0.05, 0.1) is 12.3 Å². The van der Waals surface area contributed by atoms with Crippen molar-refractivity contribution in [1.82, 2.24) is 4.98 Å². The van der Waals surface area contributed by atoms with Crippen molar-refractivity contribution in [2.45, 2.75) is 20.8 Å². The van der Waals surface area contributed by atoms with Crippen LogP contribution < -0.4 is 4.74 Å². The van der Waals surface area contributed by atoms with Crippen LogP contribution in [0.4, 0.5) is 0 Å². The van der Waals surface area contributed by atoms with Crippen molar-refractivity contribution < 1.29 is 9.53 Å². The number of Topliss-reactive ketones (excluding diaryl/α,β-unsaturated/α-hetero) is 1. The molecule has 0 atom stereocenters. The fraction of sp³-hybridized carbons (Fsp3) is 0.286. The molecule has 17 heavy (non-hydrogen) atoms. The number of pyridine rings is 1. The van der Waals surface area contributed by atoms with E-state index in [-0.39, 0.29) is 5.78 Å². The van der Waals surface area contributed by atoms with Crippen molar-refractivity contribution in [2.24, 2.45) is 0 Å². The Balaban J connectivity index is 2.81. The Labute approximate surface area is 100 Å². The highest BCUT2D eigenvalue weighted by Gasteiger charge is 2.14. The number of carbonyl (C=O) groups is 1. The predicted molar refractivity (Wildman–Crippen MR) is 67.7 cm³/mol. The van der Waals surface area contributed by atoms with Crippen LogP contribution in [0.5, 0.6) is 5.88 Å². The van der Waals surface area contributed by atoms with Crippen LogP contribution in [0.25, 0.3) is 10.8 Å². The summed E-state index contributed by atoms with van der Waals surface area (Å²) in [4.78, 5) is 16.0. The monoisotopic (exact) mass is 229 g/mol. The second-order valence-electron chi connectivity index (χ2n) is 3.91. The van der Waals surface area contributed by atoms with Crippen molar-refractivity contribution in [1.29, 1.82) is 0 Å². The summed E-state index contributed by atoms with van der Waals surface area (Å²) >= 11 is 0. The maximum absolute atomic E-state index is 11.7. The molecule has 3 heteroatoms. The zero-order valence-corrected chi connectivity index (χ0v) is 10.3. The van der Waals surface area contributed by atoms with Crippen LogP contribution >= 0.6 is 0 Å². The van der Waals surface area contributed by atoms with Crippen LogP contribution in [-0.4, -0.2) is 17.4 Å². The van der Waals surface area contributed by atoms with Gasteiger partial charge in [-0.05, 0) is 32.2 Å². The van der Waals surface area contributed by atoms with E-state index in [0.717, 1.165) is 16.5 Å². The summed E-state index contributed by atoms with van der Waals surface area (Å²) in [6.07, 6.45) is 0. The number of nitrogens with zero attached hydrogens (tertiary/aromatic N) is 1. The van der Waals surface area contributed by atoms with Gasteiger partial charge in [-0.25, -0.2) is 4.98 Å². The third-order valence-electron chi connectivity index (χ3n) is 2.69. The molecule has 1 aromatic carbocycles. The fourth-order valence-corrected chi connectivity index (χ4v) is 2.04. The number of fused-ring (bicyclic) bond motifs is 1. The standard InChI is InChI=1S/C14H15NO2/c1-4-17-14-12-8-6-5-7-11(12)13(10(3)16)9(2)15-14/h5-8H,4H2,1-3H3. The lowest BCUT2D eigenvalue weighted by Gasteiger charge is -2.11. The van der Waals surface area contributed by atoms with Gasteiger partial charge in [0, 0.05) is 10.9 Å². The van der Waals surface area contributed by atoms with E-state index in [0.29, 0.717) is 18.1 Å². The summed E-state index contributed by atoms with van der Waals surface area (Å²) in [6.45, 7) is 5.89. The molecule has 2 rings (SSSR count). The molecule has 3 nitrogen and oxygen atoms in total. The molecule has 0 saturated carbocycles. The SMILES string of the molecule is CCOc1nc(C)c(C(C)=O)c2ccccc12. The maximum Gasteiger partial charge on any atom is 0.221 e. The lowest BCUT2D eigenvalue weighted by Crippen LogP contribution is -2.04. The number of hydrogen-bond acceptors (Lipinski definition) is 3. The summed E-state index contributed by atoms with van der Waals surface area (Å²) in [6, 6.07) is 7.71. The molecule has 2 aromatic rings. The maximum atomic E-state index is 11.7. The van der Waals surface area contributed by atoms with Crippen LogP contribution in [0.15, 0.2) is 24.3 Å². The molecule has 0 aliphatic heterocycles. The van der Waals surface area contributed by atoms with Gasteiger partial charge >= 0.3 is 0 Å². The Hall–Kier alpha value is -1.90. The molecular formula is C14H15NO2. The Morgan fingerprint density at radius 1 is 1.29 bits per heavy atom. The van der Waals surface area contributed by atoms with Crippen molar-refractivity contribution in [3.05, 3.63) is 35.5 Å². The Morgan fingerprint density at radius 2 is 1.94 bits per heavy atom. The molecule has 0 fully saturated rings. The number of hydrogen-bond donors (Lipinski definition) is 0. The normalized spacial score (nSPS) is 10.5. The summed E-state index contributed by atoms with van der Waals surface area (Å²) in [7, 11) is 0. The first kappa shape index (κ1) is 11.6. The summed E-state index contributed by atoms with van der Waals surface area (Å²) in [5.41, 5.74) is 1.41. The van der Waals surface area contributed by atoms with Crippen molar-refractivity contribution in [3.63, 3.8) is 0 Å². The third kappa shape index (κ3) is 2.00. The minimum absolute atomic E-state index is 0.0363. The van der Waals surface area contributed by atoms with Gasteiger partial charge in [0.1, 0.15) is 0 Å². The lowest BCUT2D eigenvalue weighted by molar-refractivity contribution is 0.101. The minimum atomic E-state index is 0.0363.